The molecule has 96 valence electrons. The van der Waals surface area contributed by atoms with Crippen LogP contribution in [0.25, 0.3) is 23.2 Å². The molecule has 0 aliphatic rings. The van der Waals surface area contributed by atoms with Crippen LogP contribution >= 0.6 is 0 Å². The van der Waals surface area contributed by atoms with Gasteiger partial charge in [-0.2, -0.15) is 9.97 Å². The first-order valence-corrected chi connectivity index (χ1v) is 5.16. The summed E-state index contributed by atoms with van der Waals surface area (Å²) in [4.78, 5) is 7.98. The lowest BCUT2D eigenvalue weighted by Gasteiger charge is -1.96. The first-order chi connectivity index (χ1) is 9.26. The summed E-state index contributed by atoms with van der Waals surface area (Å²) in [6.07, 6.45) is 0. The Balaban J connectivity index is 1.91. The van der Waals surface area contributed by atoms with Crippen molar-refractivity contribution in [1.82, 2.24) is 35.5 Å². The largest absolute Gasteiger partial charge is 0.480 e. The van der Waals surface area contributed by atoms with E-state index in [1.807, 2.05) is 0 Å². The molecule has 0 atom stereocenters. The molecule has 0 fully saturated rings. The molecule has 0 unspecified atom stereocenters. The van der Waals surface area contributed by atoms with Crippen LogP contribution in [0.2, 0.25) is 0 Å². The number of nitrogens with two attached hydrogens (primary N) is 1. The van der Waals surface area contributed by atoms with E-state index in [9.17, 15) is 0 Å². The molecule has 3 rings (SSSR count). The lowest BCUT2D eigenvalue weighted by atomic mass is 10.4. The third kappa shape index (κ3) is 2.06. The summed E-state index contributed by atoms with van der Waals surface area (Å²) in [5.74, 6) is 1.23. The van der Waals surface area contributed by atoms with Crippen LogP contribution in [0.15, 0.2) is 16.7 Å². The highest BCUT2D eigenvalue weighted by Crippen LogP contribution is 2.18. The Morgan fingerprint density at radius 2 is 2.16 bits per heavy atom. The molecule has 0 amide bonds. The maximum absolute atomic E-state index is 5.39. The first kappa shape index (κ1) is 11.1. The average molecular weight is 260 g/mol. The molecule has 19 heavy (non-hydrogen) atoms. The standard InChI is InChI=1S/C9H8N8O2/c1-18-5-3-2-4(13-14-5)6-11-8(19-17-6)7-12-9(10)16-15-7/h2-3H,1H3,(H3,10,12,15,16). The molecule has 3 N–H and O–H groups in total. The van der Waals surface area contributed by atoms with Crippen molar-refractivity contribution < 1.29 is 9.26 Å². The summed E-state index contributed by atoms with van der Waals surface area (Å²) in [6, 6.07) is 3.31. The van der Waals surface area contributed by atoms with E-state index in [1.54, 1.807) is 12.1 Å². The zero-order valence-electron chi connectivity index (χ0n) is 9.73. The number of rotatable bonds is 3. The highest BCUT2D eigenvalue weighted by Gasteiger charge is 2.15. The summed E-state index contributed by atoms with van der Waals surface area (Å²) in [5, 5.41) is 17.7. The normalized spacial score (nSPS) is 10.6. The Morgan fingerprint density at radius 1 is 1.26 bits per heavy atom. The molecule has 0 radical (unpaired) electrons. The number of aromatic nitrogens is 7. The van der Waals surface area contributed by atoms with Crippen LogP contribution in [-0.2, 0) is 0 Å². The lowest BCUT2D eigenvalue weighted by Crippen LogP contribution is -1.93. The van der Waals surface area contributed by atoms with Crippen molar-refractivity contribution in [3.8, 4) is 29.1 Å². The van der Waals surface area contributed by atoms with Gasteiger partial charge in [0.15, 0.2) is 0 Å². The number of anilines is 1. The van der Waals surface area contributed by atoms with E-state index in [0.29, 0.717) is 11.6 Å². The number of aromatic amines is 1. The van der Waals surface area contributed by atoms with Crippen molar-refractivity contribution in [2.45, 2.75) is 0 Å². The Bertz CT molecular complexity index is 688. The van der Waals surface area contributed by atoms with E-state index in [2.05, 4.69) is 35.5 Å². The molecule has 0 saturated carbocycles. The van der Waals surface area contributed by atoms with Crippen LogP contribution in [0.4, 0.5) is 5.95 Å². The summed E-state index contributed by atoms with van der Waals surface area (Å²) in [7, 11) is 1.50. The van der Waals surface area contributed by atoms with Gasteiger partial charge in [-0.1, -0.05) is 5.16 Å². The van der Waals surface area contributed by atoms with E-state index in [0.717, 1.165) is 0 Å². The third-order valence-corrected chi connectivity index (χ3v) is 2.21. The molecule has 0 bridgehead atoms. The smallest absolute Gasteiger partial charge is 0.295 e. The van der Waals surface area contributed by atoms with Crippen LogP contribution in [0.5, 0.6) is 5.88 Å². The minimum atomic E-state index is 0.0963. The quantitative estimate of drug-likeness (QED) is 0.659. The fourth-order valence-corrected chi connectivity index (χ4v) is 1.34. The zero-order valence-corrected chi connectivity index (χ0v) is 9.73. The second-order valence-corrected chi connectivity index (χ2v) is 3.43. The predicted molar refractivity (Wildman–Crippen MR) is 61.7 cm³/mol. The van der Waals surface area contributed by atoms with Crippen LogP contribution < -0.4 is 10.5 Å². The van der Waals surface area contributed by atoms with Crippen LogP contribution in [-0.4, -0.2) is 42.6 Å². The van der Waals surface area contributed by atoms with Gasteiger partial charge >= 0.3 is 0 Å². The van der Waals surface area contributed by atoms with E-state index < -0.39 is 0 Å². The molecule has 3 aromatic heterocycles. The fourth-order valence-electron chi connectivity index (χ4n) is 1.34. The number of nitrogens with one attached hydrogen (secondary N) is 1. The molecule has 0 aromatic carbocycles. The van der Waals surface area contributed by atoms with E-state index in [-0.39, 0.29) is 23.5 Å². The number of hydrogen-bond donors (Lipinski definition) is 2. The van der Waals surface area contributed by atoms with Gasteiger partial charge in [-0.25, -0.2) is 0 Å². The maximum atomic E-state index is 5.39. The van der Waals surface area contributed by atoms with Crippen molar-refractivity contribution in [2.75, 3.05) is 12.8 Å². The molecule has 10 heteroatoms. The highest BCUT2D eigenvalue weighted by molar-refractivity contribution is 5.52. The minimum absolute atomic E-state index is 0.0963. The summed E-state index contributed by atoms with van der Waals surface area (Å²) >= 11 is 0. The maximum Gasteiger partial charge on any atom is 0.295 e. The number of methoxy groups -OCH3 is 1. The van der Waals surface area contributed by atoms with Gasteiger partial charge in [0, 0.05) is 6.07 Å². The Labute approximate surface area is 106 Å². The van der Waals surface area contributed by atoms with Crippen LogP contribution in [0.1, 0.15) is 0 Å². The van der Waals surface area contributed by atoms with Crippen LogP contribution in [0.3, 0.4) is 0 Å². The Kier molecular flexibility index (Phi) is 2.52. The number of hydrogen-bond acceptors (Lipinski definition) is 9. The van der Waals surface area contributed by atoms with E-state index in [4.69, 9.17) is 15.0 Å². The molecular weight excluding hydrogens is 252 g/mol. The molecule has 0 aliphatic heterocycles. The minimum Gasteiger partial charge on any atom is -0.480 e. The third-order valence-electron chi connectivity index (χ3n) is 2.21. The Morgan fingerprint density at radius 3 is 2.79 bits per heavy atom. The topological polar surface area (TPSA) is 142 Å². The number of H-pyrrole nitrogens is 1. The van der Waals surface area contributed by atoms with Crippen LogP contribution in [0, 0.1) is 0 Å². The van der Waals surface area contributed by atoms with Crippen molar-refractivity contribution in [3.63, 3.8) is 0 Å². The van der Waals surface area contributed by atoms with Gasteiger partial charge in [-0.15, -0.1) is 15.3 Å². The first-order valence-electron chi connectivity index (χ1n) is 5.16. The van der Waals surface area contributed by atoms with Gasteiger partial charge in [0.25, 0.3) is 5.89 Å². The molecule has 3 aromatic rings. The van der Waals surface area contributed by atoms with Gasteiger partial charge in [0.05, 0.1) is 7.11 Å². The molecule has 0 aliphatic carbocycles. The van der Waals surface area contributed by atoms with Crippen molar-refractivity contribution in [3.05, 3.63) is 12.1 Å². The summed E-state index contributed by atoms with van der Waals surface area (Å²) in [5.41, 5.74) is 5.83. The summed E-state index contributed by atoms with van der Waals surface area (Å²) < 4.78 is 9.93. The predicted octanol–water partition coefficient (Wildman–Crippen LogP) is -0.0975. The number of ether oxygens (including phenoxy) is 1. The zero-order chi connectivity index (χ0) is 13.2. The lowest BCUT2D eigenvalue weighted by molar-refractivity contribution is 0.392. The Hall–Kier alpha value is -3.04. The molecule has 0 spiro atoms. The summed E-state index contributed by atoms with van der Waals surface area (Å²) in [6.45, 7) is 0. The van der Waals surface area contributed by atoms with E-state index in [1.165, 1.54) is 7.11 Å². The number of nitrogens with zero attached hydrogens (tertiary/aromatic N) is 6. The van der Waals surface area contributed by atoms with Gasteiger partial charge < -0.3 is 15.0 Å². The monoisotopic (exact) mass is 260 g/mol. The van der Waals surface area contributed by atoms with Crippen molar-refractivity contribution in [1.29, 1.82) is 0 Å². The molecule has 3 heterocycles. The SMILES string of the molecule is COc1ccc(-c2noc(-c3nc(N)n[nH]3)n2)nn1. The molecular formula is C9H8N8O2. The van der Waals surface area contributed by atoms with E-state index >= 15 is 0 Å². The van der Waals surface area contributed by atoms with Gasteiger partial charge in [0.1, 0.15) is 5.69 Å². The second-order valence-electron chi connectivity index (χ2n) is 3.43. The van der Waals surface area contributed by atoms with Gasteiger partial charge in [-0.05, 0) is 6.07 Å². The highest BCUT2D eigenvalue weighted by atomic mass is 16.5. The van der Waals surface area contributed by atoms with Crippen molar-refractivity contribution >= 4 is 5.95 Å². The van der Waals surface area contributed by atoms with Crippen molar-refractivity contribution in [2.24, 2.45) is 0 Å². The fraction of sp³-hybridized carbons (Fsp3) is 0.111. The average Bonchev–Trinajstić information content (AvgIpc) is 3.07. The number of nitrogen functional groups attached to an aromatic ring is 1. The molecule has 0 saturated heterocycles. The second kappa shape index (κ2) is 4.33. The van der Waals surface area contributed by atoms with Gasteiger partial charge in [0.2, 0.25) is 23.5 Å². The molecule has 10 nitrogen and oxygen atoms in total. The van der Waals surface area contributed by atoms with Gasteiger partial charge in [-0.3, -0.25) is 5.10 Å².